The van der Waals surface area contributed by atoms with Gasteiger partial charge in [-0.25, -0.2) is 4.68 Å². The zero-order valence-corrected chi connectivity index (χ0v) is 19.4. The van der Waals surface area contributed by atoms with Crippen LogP contribution in [0.25, 0.3) is 5.69 Å². The van der Waals surface area contributed by atoms with Crippen LogP contribution in [0.3, 0.4) is 0 Å². The Bertz CT molecular complexity index is 1450. The number of ether oxygens (including phenoxy) is 1. The number of nitrogens with one attached hydrogen (secondary N) is 2. The fourth-order valence-electron chi connectivity index (χ4n) is 4.89. The first-order valence-electron chi connectivity index (χ1n) is 11.7. The number of aromatic nitrogens is 3. The van der Waals surface area contributed by atoms with Crippen LogP contribution >= 0.6 is 0 Å². The van der Waals surface area contributed by atoms with Gasteiger partial charge in [0.2, 0.25) is 11.8 Å². The normalized spacial score (nSPS) is 20.6. The van der Waals surface area contributed by atoms with Crippen LogP contribution in [0.1, 0.15) is 51.7 Å². The van der Waals surface area contributed by atoms with Crippen molar-refractivity contribution in [1.82, 2.24) is 25.2 Å². The lowest BCUT2D eigenvalue weighted by atomic mass is 10.0. The zero-order chi connectivity index (χ0) is 25.0. The van der Waals surface area contributed by atoms with E-state index in [1.165, 1.54) is 15.8 Å². The molecule has 182 valence electrons. The molecule has 1 aromatic heterocycles. The third-order valence-corrected chi connectivity index (χ3v) is 6.65. The minimum atomic E-state index is -0.679. The summed E-state index contributed by atoms with van der Waals surface area (Å²) in [5.41, 5.74) is 3.69. The molecule has 3 aliphatic rings. The number of imide groups is 1. The van der Waals surface area contributed by atoms with Crippen LogP contribution in [0.5, 0.6) is 5.75 Å². The Morgan fingerprint density at radius 2 is 2.00 bits per heavy atom. The third-order valence-electron chi connectivity index (χ3n) is 6.65. The summed E-state index contributed by atoms with van der Waals surface area (Å²) in [6.07, 6.45) is 2.92. The van der Waals surface area contributed by atoms with Crippen LogP contribution in [-0.4, -0.2) is 55.7 Å². The number of anilines is 1. The Morgan fingerprint density at radius 3 is 2.83 bits per heavy atom. The molecule has 1 saturated heterocycles. The Balaban J connectivity index is 1.17. The topological polar surface area (TPSA) is 136 Å². The fraction of sp³-hybridized carbons (Fsp3) is 0.280. The van der Waals surface area contributed by atoms with Crippen molar-refractivity contribution >= 4 is 29.3 Å². The molecule has 2 atom stereocenters. The van der Waals surface area contributed by atoms with Gasteiger partial charge in [0.15, 0.2) is 5.69 Å². The first kappa shape index (κ1) is 22.0. The molecule has 1 fully saturated rings. The van der Waals surface area contributed by atoms with E-state index in [-0.39, 0.29) is 36.6 Å². The molecule has 11 nitrogen and oxygen atoms in total. The maximum atomic E-state index is 12.9. The van der Waals surface area contributed by atoms with Crippen LogP contribution in [0.15, 0.2) is 42.6 Å². The number of carbonyl (C=O) groups excluding carboxylic acids is 4. The van der Waals surface area contributed by atoms with Gasteiger partial charge >= 0.3 is 0 Å². The van der Waals surface area contributed by atoms with Gasteiger partial charge in [-0.15, -0.1) is 5.10 Å². The molecule has 4 amide bonds. The van der Waals surface area contributed by atoms with Crippen molar-refractivity contribution in [1.29, 1.82) is 0 Å². The number of nitrogens with zero attached hydrogens (tertiary/aromatic N) is 4. The Hall–Kier alpha value is -4.54. The predicted octanol–water partition coefficient (Wildman–Crippen LogP) is 1.60. The summed E-state index contributed by atoms with van der Waals surface area (Å²) in [6, 6.07) is 10.0. The lowest BCUT2D eigenvalue weighted by Gasteiger charge is -2.29. The number of carbonyl (C=O) groups is 4. The van der Waals surface area contributed by atoms with Crippen molar-refractivity contribution in [2.75, 3.05) is 5.32 Å². The molecule has 0 spiro atoms. The van der Waals surface area contributed by atoms with Crippen molar-refractivity contribution in [3.63, 3.8) is 0 Å². The van der Waals surface area contributed by atoms with E-state index in [4.69, 9.17) is 4.74 Å². The zero-order valence-electron chi connectivity index (χ0n) is 19.4. The van der Waals surface area contributed by atoms with E-state index in [2.05, 4.69) is 20.9 Å². The van der Waals surface area contributed by atoms with Gasteiger partial charge in [0.05, 0.1) is 11.9 Å². The molecule has 2 N–H and O–H groups in total. The maximum Gasteiger partial charge on any atom is 0.277 e. The summed E-state index contributed by atoms with van der Waals surface area (Å²) in [4.78, 5) is 50.8. The average molecular weight is 486 g/mol. The maximum absolute atomic E-state index is 12.9. The van der Waals surface area contributed by atoms with Gasteiger partial charge in [0, 0.05) is 30.6 Å². The van der Waals surface area contributed by atoms with E-state index in [0.717, 1.165) is 23.3 Å². The van der Waals surface area contributed by atoms with Gasteiger partial charge in [0.1, 0.15) is 17.9 Å². The number of rotatable bonds is 4. The first-order valence-corrected chi connectivity index (χ1v) is 11.7. The first-order chi connectivity index (χ1) is 17.4. The molecule has 6 rings (SSSR count). The molecule has 2 unspecified atom stereocenters. The van der Waals surface area contributed by atoms with Crippen molar-refractivity contribution in [3.05, 3.63) is 65.0 Å². The molecule has 0 radical (unpaired) electrons. The summed E-state index contributed by atoms with van der Waals surface area (Å²) < 4.78 is 7.16. The van der Waals surface area contributed by atoms with E-state index in [9.17, 15) is 19.2 Å². The largest absolute Gasteiger partial charge is 0.490 e. The second-order valence-corrected chi connectivity index (χ2v) is 9.20. The van der Waals surface area contributed by atoms with Gasteiger partial charge in [-0.2, -0.15) is 0 Å². The van der Waals surface area contributed by atoms with Gasteiger partial charge in [-0.05, 0) is 60.9 Å². The van der Waals surface area contributed by atoms with Crippen LogP contribution in [-0.2, 0) is 22.6 Å². The minimum Gasteiger partial charge on any atom is -0.490 e. The highest BCUT2D eigenvalue weighted by Gasteiger charge is 2.39. The molecule has 4 heterocycles. The average Bonchev–Trinajstić information content (AvgIpc) is 3.56. The van der Waals surface area contributed by atoms with Crippen LogP contribution in [0.2, 0.25) is 0 Å². The fourth-order valence-corrected chi connectivity index (χ4v) is 4.89. The van der Waals surface area contributed by atoms with Crippen LogP contribution < -0.4 is 15.4 Å². The van der Waals surface area contributed by atoms with Crippen molar-refractivity contribution in [2.45, 2.75) is 44.9 Å². The van der Waals surface area contributed by atoms with Crippen molar-refractivity contribution in [3.8, 4) is 11.4 Å². The number of fused-ring (bicyclic) bond motifs is 2. The highest BCUT2D eigenvalue weighted by atomic mass is 16.5. The minimum absolute atomic E-state index is 0.115. The van der Waals surface area contributed by atoms with E-state index in [1.54, 1.807) is 24.3 Å². The summed E-state index contributed by atoms with van der Waals surface area (Å²) in [5.74, 6) is -0.594. The quantitative estimate of drug-likeness (QED) is 0.535. The number of hydrogen-bond donors (Lipinski definition) is 2. The lowest BCUT2D eigenvalue weighted by Crippen LogP contribution is -2.52. The number of piperidine rings is 1. The smallest absolute Gasteiger partial charge is 0.277 e. The molecular weight excluding hydrogens is 464 g/mol. The van der Waals surface area contributed by atoms with E-state index in [1.807, 2.05) is 19.1 Å². The lowest BCUT2D eigenvalue weighted by molar-refractivity contribution is -0.136. The van der Waals surface area contributed by atoms with Gasteiger partial charge < -0.3 is 15.0 Å². The second kappa shape index (κ2) is 8.29. The number of amides is 4. The highest BCUT2D eigenvalue weighted by Crippen LogP contribution is 2.31. The van der Waals surface area contributed by atoms with Crippen molar-refractivity contribution < 1.29 is 23.9 Å². The van der Waals surface area contributed by atoms with Crippen LogP contribution in [0, 0.1) is 0 Å². The number of hydrogen-bond acceptors (Lipinski definition) is 7. The van der Waals surface area contributed by atoms with Gasteiger partial charge in [-0.3, -0.25) is 24.5 Å². The van der Waals surface area contributed by atoms with E-state index >= 15 is 0 Å². The molecule has 0 aliphatic carbocycles. The SMILES string of the molecule is CC1Cc2cc(NC(=O)c3cn(-c4ccc5c(c4)CN(C4CCC(=O)NC4=O)C5=O)nn3)ccc2O1. The molecule has 0 saturated carbocycles. The van der Waals surface area contributed by atoms with Gasteiger partial charge in [-0.1, -0.05) is 5.21 Å². The van der Waals surface area contributed by atoms with E-state index in [0.29, 0.717) is 23.4 Å². The molecular formula is C25H22N6O5. The molecule has 0 bridgehead atoms. The monoisotopic (exact) mass is 486 g/mol. The number of benzene rings is 2. The molecule has 11 heteroatoms. The van der Waals surface area contributed by atoms with Crippen LogP contribution in [0.4, 0.5) is 5.69 Å². The second-order valence-electron chi connectivity index (χ2n) is 9.20. The van der Waals surface area contributed by atoms with E-state index < -0.39 is 17.9 Å². The molecule has 36 heavy (non-hydrogen) atoms. The molecule has 3 aliphatic heterocycles. The predicted molar refractivity (Wildman–Crippen MR) is 126 cm³/mol. The summed E-state index contributed by atoms with van der Waals surface area (Å²) in [7, 11) is 0. The summed E-state index contributed by atoms with van der Waals surface area (Å²) in [6.45, 7) is 2.24. The van der Waals surface area contributed by atoms with Gasteiger partial charge in [0.25, 0.3) is 11.8 Å². The Morgan fingerprint density at radius 1 is 1.14 bits per heavy atom. The summed E-state index contributed by atoms with van der Waals surface area (Å²) in [5, 5.41) is 13.2. The Kier molecular flexibility index (Phi) is 5.06. The standard InChI is InChI=1S/C25H22N6O5/c1-13-8-14-9-16(2-6-21(14)36-13)26-23(33)19-12-31(29-28-19)17-3-4-18-15(10-17)11-30(25(18)35)20-5-7-22(32)27-24(20)34/h2-4,6,9-10,12-13,20H,5,7-8,11H2,1H3,(H,26,33)(H,27,32,34). The molecule has 2 aromatic carbocycles. The highest BCUT2D eigenvalue weighted by molar-refractivity contribution is 6.05. The third kappa shape index (κ3) is 3.78. The Labute approximate surface area is 205 Å². The molecule has 3 aromatic rings. The summed E-state index contributed by atoms with van der Waals surface area (Å²) >= 11 is 0. The van der Waals surface area contributed by atoms with Crippen molar-refractivity contribution in [2.24, 2.45) is 0 Å².